The van der Waals surface area contributed by atoms with E-state index in [-0.39, 0.29) is 0 Å². The SMILES string of the molecule is CCNC(=NCCc1sc(C)nc1C)N1CC=C(c2ccccc2)CC1. The number of nitrogens with zero attached hydrogens (tertiary/aromatic N) is 3. The molecular weight excluding hydrogens is 340 g/mol. The molecule has 1 aliphatic rings. The molecule has 0 saturated heterocycles. The van der Waals surface area contributed by atoms with Crippen LogP contribution < -0.4 is 5.32 Å². The maximum Gasteiger partial charge on any atom is 0.194 e. The molecule has 1 N–H and O–H groups in total. The smallest absolute Gasteiger partial charge is 0.194 e. The number of aromatic nitrogens is 1. The van der Waals surface area contributed by atoms with Crippen molar-refractivity contribution >= 4 is 22.9 Å². The van der Waals surface area contributed by atoms with Gasteiger partial charge in [-0.3, -0.25) is 4.99 Å². The van der Waals surface area contributed by atoms with E-state index in [1.165, 1.54) is 16.0 Å². The van der Waals surface area contributed by atoms with E-state index in [4.69, 9.17) is 4.99 Å². The Labute approximate surface area is 160 Å². The molecule has 0 spiro atoms. The Bertz CT molecular complexity index is 777. The predicted octanol–water partition coefficient (Wildman–Crippen LogP) is 4.06. The molecule has 0 aliphatic carbocycles. The van der Waals surface area contributed by atoms with E-state index in [2.05, 4.69) is 72.4 Å². The number of hydrogen-bond donors (Lipinski definition) is 1. The normalized spacial score (nSPS) is 15.1. The minimum Gasteiger partial charge on any atom is -0.357 e. The number of thiazole rings is 1. The lowest BCUT2D eigenvalue weighted by Crippen LogP contribution is -2.43. The Morgan fingerprint density at radius 1 is 1.27 bits per heavy atom. The lowest BCUT2D eigenvalue weighted by atomic mass is 10.00. The molecule has 138 valence electrons. The molecule has 5 heteroatoms. The third kappa shape index (κ3) is 4.73. The second kappa shape index (κ2) is 8.99. The van der Waals surface area contributed by atoms with Crippen molar-refractivity contribution in [1.82, 2.24) is 15.2 Å². The van der Waals surface area contributed by atoms with Crippen molar-refractivity contribution in [1.29, 1.82) is 0 Å². The fourth-order valence-electron chi connectivity index (χ4n) is 3.27. The molecule has 2 aromatic rings. The third-order valence-corrected chi connectivity index (χ3v) is 5.72. The van der Waals surface area contributed by atoms with E-state index in [0.29, 0.717) is 0 Å². The van der Waals surface area contributed by atoms with Crippen molar-refractivity contribution in [3.8, 4) is 0 Å². The molecule has 0 fully saturated rings. The number of nitrogens with one attached hydrogen (secondary N) is 1. The van der Waals surface area contributed by atoms with Crippen molar-refractivity contribution in [2.24, 2.45) is 4.99 Å². The Hall–Kier alpha value is -2.14. The van der Waals surface area contributed by atoms with Gasteiger partial charge in [0.1, 0.15) is 0 Å². The van der Waals surface area contributed by atoms with Crippen molar-refractivity contribution in [2.75, 3.05) is 26.2 Å². The first-order valence-electron chi connectivity index (χ1n) is 9.38. The highest BCUT2D eigenvalue weighted by molar-refractivity contribution is 7.11. The maximum atomic E-state index is 4.86. The second-order valence-corrected chi connectivity index (χ2v) is 7.81. The molecule has 2 heterocycles. The van der Waals surface area contributed by atoms with Gasteiger partial charge in [0.05, 0.1) is 10.7 Å². The number of aryl methyl sites for hydroxylation is 2. The summed E-state index contributed by atoms with van der Waals surface area (Å²) >= 11 is 1.79. The first-order valence-corrected chi connectivity index (χ1v) is 10.2. The Morgan fingerprint density at radius 2 is 2.08 bits per heavy atom. The molecule has 0 saturated carbocycles. The Kier molecular flexibility index (Phi) is 6.45. The van der Waals surface area contributed by atoms with Crippen LogP contribution in [0, 0.1) is 13.8 Å². The molecule has 0 atom stereocenters. The zero-order valence-corrected chi connectivity index (χ0v) is 16.8. The van der Waals surface area contributed by atoms with Crippen LogP contribution in [0.5, 0.6) is 0 Å². The second-order valence-electron chi connectivity index (χ2n) is 6.52. The van der Waals surface area contributed by atoms with Gasteiger partial charge in [-0.05, 0) is 38.3 Å². The number of rotatable bonds is 5. The summed E-state index contributed by atoms with van der Waals surface area (Å²) in [6.45, 7) is 9.90. The van der Waals surface area contributed by atoms with Gasteiger partial charge >= 0.3 is 0 Å². The largest absolute Gasteiger partial charge is 0.357 e. The molecule has 4 nitrogen and oxygen atoms in total. The maximum absolute atomic E-state index is 4.86. The van der Waals surface area contributed by atoms with E-state index in [1.54, 1.807) is 11.3 Å². The van der Waals surface area contributed by atoms with Gasteiger partial charge in [0, 0.05) is 37.5 Å². The topological polar surface area (TPSA) is 40.5 Å². The van der Waals surface area contributed by atoms with Crippen LogP contribution in [0.4, 0.5) is 0 Å². The highest BCUT2D eigenvalue weighted by Gasteiger charge is 2.16. The van der Waals surface area contributed by atoms with Crippen molar-refractivity contribution < 1.29 is 0 Å². The zero-order chi connectivity index (χ0) is 18.4. The number of aliphatic imine (C=N–C) groups is 1. The van der Waals surface area contributed by atoms with E-state index in [1.807, 2.05) is 0 Å². The summed E-state index contributed by atoms with van der Waals surface area (Å²) in [7, 11) is 0. The summed E-state index contributed by atoms with van der Waals surface area (Å²) in [5.74, 6) is 1.02. The average molecular weight is 369 g/mol. The molecule has 0 unspecified atom stereocenters. The van der Waals surface area contributed by atoms with Gasteiger partial charge in [0.2, 0.25) is 0 Å². The molecule has 0 radical (unpaired) electrons. The van der Waals surface area contributed by atoms with E-state index >= 15 is 0 Å². The van der Waals surface area contributed by atoms with Gasteiger partial charge in [-0.1, -0.05) is 36.4 Å². The van der Waals surface area contributed by atoms with E-state index in [9.17, 15) is 0 Å². The molecule has 3 rings (SSSR count). The quantitative estimate of drug-likeness (QED) is 0.639. The summed E-state index contributed by atoms with van der Waals surface area (Å²) in [6, 6.07) is 10.7. The van der Waals surface area contributed by atoms with Crippen LogP contribution in [-0.2, 0) is 6.42 Å². The standard InChI is InChI=1S/C21H28N4S/c1-4-22-21(23-13-10-20-16(2)24-17(3)26-20)25-14-11-19(12-15-25)18-8-6-5-7-9-18/h5-9,11H,4,10,12-15H2,1-3H3,(H,22,23). The Balaban J connectivity index is 1.63. The van der Waals surface area contributed by atoms with Gasteiger partial charge in [-0.25, -0.2) is 4.98 Å². The van der Waals surface area contributed by atoms with Gasteiger partial charge < -0.3 is 10.2 Å². The summed E-state index contributed by atoms with van der Waals surface area (Å²) < 4.78 is 0. The number of hydrogen-bond acceptors (Lipinski definition) is 3. The van der Waals surface area contributed by atoms with Crippen LogP contribution in [0.25, 0.3) is 5.57 Å². The minimum absolute atomic E-state index is 0.802. The van der Waals surface area contributed by atoms with Crippen molar-refractivity contribution in [3.05, 3.63) is 57.6 Å². The zero-order valence-electron chi connectivity index (χ0n) is 16.0. The molecule has 26 heavy (non-hydrogen) atoms. The van der Waals surface area contributed by atoms with Crippen LogP contribution >= 0.6 is 11.3 Å². The monoisotopic (exact) mass is 368 g/mol. The predicted molar refractivity (Wildman–Crippen MR) is 112 cm³/mol. The van der Waals surface area contributed by atoms with E-state index in [0.717, 1.165) is 55.7 Å². The molecule has 1 aliphatic heterocycles. The first kappa shape index (κ1) is 18.6. The fourth-order valence-corrected chi connectivity index (χ4v) is 4.20. The first-order chi connectivity index (χ1) is 12.7. The van der Waals surface area contributed by atoms with Gasteiger partial charge in [0.15, 0.2) is 5.96 Å². The summed E-state index contributed by atoms with van der Waals surface area (Å²) in [5.41, 5.74) is 3.93. The van der Waals surface area contributed by atoms with E-state index < -0.39 is 0 Å². The molecule has 0 amide bonds. The highest BCUT2D eigenvalue weighted by Crippen LogP contribution is 2.22. The Morgan fingerprint density at radius 3 is 2.69 bits per heavy atom. The summed E-state index contributed by atoms with van der Waals surface area (Å²) in [4.78, 5) is 13.1. The minimum atomic E-state index is 0.802. The third-order valence-electron chi connectivity index (χ3n) is 4.59. The van der Waals surface area contributed by atoms with Crippen LogP contribution in [0.2, 0.25) is 0 Å². The van der Waals surface area contributed by atoms with Crippen LogP contribution in [-0.4, -0.2) is 42.0 Å². The van der Waals surface area contributed by atoms with Gasteiger partial charge in [-0.2, -0.15) is 0 Å². The molecular formula is C21H28N4S. The van der Waals surface area contributed by atoms with Crippen molar-refractivity contribution in [3.63, 3.8) is 0 Å². The van der Waals surface area contributed by atoms with Crippen LogP contribution in [0.15, 0.2) is 41.4 Å². The highest BCUT2D eigenvalue weighted by atomic mass is 32.1. The number of guanidine groups is 1. The van der Waals surface area contributed by atoms with Crippen LogP contribution in [0.3, 0.4) is 0 Å². The molecule has 0 bridgehead atoms. The lowest BCUT2D eigenvalue weighted by molar-refractivity contribution is 0.440. The summed E-state index contributed by atoms with van der Waals surface area (Å²) in [6.07, 6.45) is 4.36. The lowest BCUT2D eigenvalue weighted by Gasteiger charge is -2.30. The fraction of sp³-hybridized carbons (Fsp3) is 0.429. The van der Waals surface area contributed by atoms with Gasteiger partial charge in [0.25, 0.3) is 0 Å². The average Bonchev–Trinajstić information content (AvgIpc) is 2.99. The summed E-state index contributed by atoms with van der Waals surface area (Å²) in [5, 5.41) is 4.59. The molecule has 1 aromatic carbocycles. The van der Waals surface area contributed by atoms with Gasteiger partial charge in [-0.15, -0.1) is 11.3 Å². The number of benzene rings is 1. The van der Waals surface area contributed by atoms with Crippen LogP contribution in [0.1, 0.15) is 34.5 Å². The molecule has 1 aromatic heterocycles. The van der Waals surface area contributed by atoms with Crippen molar-refractivity contribution in [2.45, 2.75) is 33.6 Å².